The Balaban J connectivity index is 1.20. The van der Waals surface area contributed by atoms with Crippen LogP contribution in [-0.4, -0.2) is 64.5 Å². The third-order valence-corrected chi connectivity index (χ3v) is 5.94. The highest BCUT2D eigenvalue weighted by Gasteiger charge is 2.23. The zero-order valence-corrected chi connectivity index (χ0v) is 19.3. The van der Waals surface area contributed by atoms with Crippen LogP contribution in [0.1, 0.15) is 12.3 Å². The van der Waals surface area contributed by atoms with E-state index in [-0.39, 0.29) is 24.8 Å². The van der Waals surface area contributed by atoms with E-state index in [0.717, 1.165) is 5.56 Å². The second-order valence-corrected chi connectivity index (χ2v) is 8.55. The van der Waals surface area contributed by atoms with Gasteiger partial charge in [-0.1, -0.05) is 40.5 Å². The van der Waals surface area contributed by atoms with E-state index in [1.54, 1.807) is 29.2 Å². The Labute approximate surface area is 201 Å². The topological polar surface area (TPSA) is 91.6 Å². The third-order valence-electron chi connectivity index (χ3n) is 5.36. The van der Waals surface area contributed by atoms with Crippen LogP contribution in [0.4, 0.5) is 5.69 Å². The maximum Gasteiger partial charge on any atom is 0.238 e. The van der Waals surface area contributed by atoms with Gasteiger partial charge >= 0.3 is 0 Å². The minimum atomic E-state index is -0.129. The number of amides is 2. The Hall–Kier alpha value is -2.94. The number of aromatic nitrogens is 2. The molecule has 33 heavy (non-hydrogen) atoms. The molecule has 0 radical (unpaired) electrons. The first kappa shape index (κ1) is 23.2. The molecule has 2 aromatic carbocycles. The molecule has 1 N–H and O–H groups in total. The minimum Gasteiger partial charge on any atom is -0.340 e. The van der Waals surface area contributed by atoms with Gasteiger partial charge in [-0.3, -0.25) is 14.5 Å². The standard InChI is InChI=1S/C23H23Cl2N5O3/c24-17-7-5-16(6-8-17)23-27-21(33-28-23)9-10-22(32)30-13-11-29(12-14-30)15-20(31)26-19-4-2-1-3-18(19)25/h1-8H,9-15H2,(H,26,31). The van der Waals surface area contributed by atoms with Crippen LogP contribution in [0.25, 0.3) is 11.4 Å². The molecule has 4 rings (SSSR count). The quantitative estimate of drug-likeness (QED) is 0.545. The van der Waals surface area contributed by atoms with Gasteiger partial charge in [-0.15, -0.1) is 0 Å². The lowest BCUT2D eigenvalue weighted by Crippen LogP contribution is -2.50. The van der Waals surface area contributed by atoms with Crippen molar-refractivity contribution >= 4 is 40.7 Å². The molecule has 0 bridgehead atoms. The van der Waals surface area contributed by atoms with Crippen LogP contribution in [-0.2, 0) is 16.0 Å². The van der Waals surface area contributed by atoms with Gasteiger partial charge < -0.3 is 14.7 Å². The van der Waals surface area contributed by atoms with Crippen LogP contribution in [0.15, 0.2) is 53.1 Å². The largest absolute Gasteiger partial charge is 0.340 e. The summed E-state index contributed by atoms with van der Waals surface area (Å²) in [7, 11) is 0. The number of piperazine rings is 1. The molecule has 172 valence electrons. The van der Waals surface area contributed by atoms with E-state index < -0.39 is 0 Å². The van der Waals surface area contributed by atoms with Crippen LogP contribution in [0, 0.1) is 0 Å². The summed E-state index contributed by atoms with van der Waals surface area (Å²) < 4.78 is 5.28. The van der Waals surface area contributed by atoms with Gasteiger partial charge in [-0.05, 0) is 36.4 Å². The molecule has 1 fully saturated rings. The molecule has 0 saturated carbocycles. The Morgan fingerprint density at radius 1 is 1.00 bits per heavy atom. The first-order valence-electron chi connectivity index (χ1n) is 10.6. The van der Waals surface area contributed by atoms with Crippen LogP contribution < -0.4 is 5.32 Å². The van der Waals surface area contributed by atoms with Gasteiger partial charge in [0.1, 0.15) is 0 Å². The summed E-state index contributed by atoms with van der Waals surface area (Å²) in [5.74, 6) is 0.790. The fourth-order valence-electron chi connectivity index (χ4n) is 3.56. The first-order chi connectivity index (χ1) is 16.0. The van der Waals surface area contributed by atoms with Gasteiger partial charge in [0.15, 0.2) is 0 Å². The SMILES string of the molecule is O=C(CN1CCN(C(=O)CCc2nc(-c3ccc(Cl)cc3)no2)CC1)Nc1ccccc1Cl. The lowest BCUT2D eigenvalue weighted by molar-refractivity contribution is -0.133. The third kappa shape index (κ3) is 6.31. The predicted octanol–water partition coefficient (Wildman–Crippen LogP) is 3.76. The number of benzene rings is 2. The molecule has 2 amide bonds. The molecule has 0 spiro atoms. The molecule has 2 heterocycles. The molecule has 1 aliphatic heterocycles. The molecule has 10 heteroatoms. The average Bonchev–Trinajstić information content (AvgIpc) is 3.29. The van der Waals surface area contributed by atoms with Crippen molar-refractivity contribution in [3.05, 3.63) is 64.5 Å². The van der Waals surface area contributed by atoms with Gasteiger partial charge in [-0.2, -0.15) is 4.98 Å². The monoisotopic (exact) mass is 487 g/mol. The number of aryl methyl sites for hydroxylation is 1. The number of rotatable bonds is 7. The van der Waals surface area contributed by atoms with Crippen molar-refractivity contribution in [2.75, 3.05) is 38.0 Å². The summed E-state index contributed by atoms with van der Waals surface area (Å²) in [6.45, 7) is 2.64. The molecule has 1 saturated heterocycles. The van der Waals surface area contributed by atoms with Crippen molar-refractivity contribution in [2.24, 2.45) is 0 Å². The fraction of sp³-hybridized carbons (Fsp3) is 0.304. The van der Waals surface area contributed by atoms with Crippen LogP contribution in [0.5, 0.6) is 0 Å². The van der Waals surface area contributed by atoms with E-state index in [0.29, 0.717) is 60.0 Å². The van der Waals surface area contributed by atoms with Gasteiger partial charge in [0.2, 0.25) is 23.5 Å². The van der Waals surface area contributed by atoms with Crippen molar-refractivity contribution in [3.8, 4) is 11.4 Å². The van der Waals surface area contributed by atoms with Gasteiger partial charge in [0, 0.05) is 49.6 Å². The number of para-hydroxylation sites is 1. The molecule has 8 nitrogen and oxygen atoms in total. The van der Waals surface area contributed by atoms with Crippen molar-refractivity contribution in [1.82, 2.24) is 19.9 Å². The molecule has 1 aliphatic rings. The van der Waals surface area contributed by atoms with E-state index in [4.69, 9.17) is 27.7 Å². The molecule has 0 unspecified atom stereocenters. The number of anilines is 1. The smallest absolute Gasteiger partial charge is 0.238 e. The number of nitrogens with zero attached hydrogens (tertiary/aromatic N) is 4. The van der Waals surface area contributed by atoms with E-state index in [9.17, 15) is 9.59 Å². The number of hydrogen-bond acceptors (Lipinski definition) is 6. The van der Waals surface area contributed by atoms with Gasteiger partial charge in [0.05, 0.1) is 17.3 Å². The molecule has 0 aliphatic carbocycles. The van der Waals surface area contributed by atoms with Crippen LogP contribution >= 0.6 is 23.2 Å². The van der Waals surface area contributed by atoms with Crippen molar-refractivity contribution < 1.29 is 14.1 Å². The lowest BCUT2D eigenvalue weighted by Gasteiger charge is -2.34. The fourth-order valence-corrected chi connectivity index (χ4v) is 3.86. The van der Waals surface area contributed by atoms with E-state index in [2.05, 4.69) is 15.5 Å². The molecule has 3 aromatic rings. The van der Waals surface area contributed by atoms with Gasteiger partial charge in [-0.25, -0.2) is 0 Å². The number of halogens is 2. The minimum absolute atomic E-state index is 0.0291. The molecular weight excluding hydrogens is 465 g/mol. The summed E-state index contributed by atoms with van der Waals surface area (Å²) >= 11 is 12.0. The maximum absolute atomic E-state index is 12.6. The lowest BCUT2D eigenvalue weighted by atomic mass is 10.2. The normalized spacial score (nSPS) is 14.3. The highest BCUT2D eigenvalue weighted by Crippen LogP contribution is 2.21. The number of nitrogens with one attached hydrogen (secondary N) is 1. The second kappa shape index (κ2) is 10.8. The summed E-state index contributed by atoms with van der Waals surface area (Å²) in [5.41, 5.74) is 1.40. The molecule has 0 atom stereocenters. The van der Waals surface area contributed by atoms with E-state index in [1.807, 2.05) is 29.2 Å². The highest BCUT2D eigenvalue weighted by atomic mass is 35.5. The molecule has 1 aromatic heterocycles. The zero-order chi connectivity index (χ0) is 23.2. The number of hydrogen-bond donors (Lipinski definition) is 1. The second-order valence-electron chi connectivity index (χ2n) is 7.70. The van der Waals surface area contributed by atoms with Gasteiger partial charge in [0.25, 0.3) is 0 Å². The average molecular weight is 488 g/mol. The number of carbonyl (C=O) groups excluding carboxylic acids is 2. The van der Waals surface area contributed by atoms with Crippen molar-refractivity contribution in [3.63, 3.8) is 0 Å². The van der Waals surface area contributed by atoms with E-state index >= 15 is 0 Å². The zero-order valence-electron chi connectivity index (χ0n) is 17.8. The Bertz CT molecular complexity index is 1110. The van der Waals surface area contributed by atoms with Crippen molar-refractivity contribution in [1.29, 1.82) is 0 Å². The summed E-state index contributed by atoms with van der Waals surface area (Å²) in [4.78, 5) is 33.1. The number of carbonyl (C=O) groups is 2. The Morgan fingerprint density at radius 3 is 2.45 bits per heavy atom. The first-order valence-corrected chi connectivity index (χ1v) is 11.4. The summed E-state index contributed by atoms with van der Waals surface area (Å²) in [5, 5.41) is 7.93. The maximum atomic E-state index is 12.6. The Morgan fingerprint density at radius 2 is 1.73 bits per heavy atom. The Kier molecular flexibility index (Phi) is 7.59. The highest BCUT2D eigenvalue weighted by molar-refractivity contribution is 6.33. The molecular formula is C23H23Cl2N5O3. The van der Waals surface area contributed by atoms with E-state index in [1.165, 1.54) is 0 Å². The van der Waals surface area contributed by atoms with Crippen LogP contribution in [0.2, 0.25) is 10.0 Å². The predicted molar refractivity (Wildman–Crippen MR) is 126 cm³/mol. The van der Waals surface area contributed by atoms with Crippen LogP contribution in [0.3, 0.4) is 0 Å². The summed E-state index contributed by atoms with van der Waals surface area (Å²) in [6.07, 6.45) is 0.662. The summed E-state index contributed by atoms with van der Waals surface area (Å²) in [6, 6.07) is 14.3. The van der Waals surface area contributed by atoms with Crippen molar-refractivity contribution in [2.45, 2.75) is 12.8 Å².